The lowest BCUT2D eigenvalue weighted by atomic mass is 10.1. The van der Waals surface area contributed by atoms with Crippen LogP contribution in [0.2, 0.25) is 5.15 Å². The van der Waals surface area contributed by atoms with Gasteiger partial charge in [-0.05, 0) is 17.2 Å². The average molecular weight is 292 g/mol. The molecule has 0 saturated heterocycles. The molecule has 20 heavy (non-hydrogen) atoms. The summed E-state index contributed by atoms with van der Waals surface area (Å²) in [5.74, 6) is -0.318. The lowest BCUT2D eigenvalue weighted by Crippen LogP contribution is -2.24. The summed E-state index contributed by atoms with van der Waals surface area (Å²) in [5, 5.41) is 12.0. The van der Waals surface area contributed by atoms with E-state index < -0.39 is 0 Å². The Morgan fingerprint density at radius 2 is 2.10 bits per heavy atom. The first-order valence-corrected chi connectivity index (χ1v) is 6.36. The Morgan fingerprint density at radius 1 is 1.35 bits per heavy atom. The zero-order chi connectivity index (χ0) is 14.5. The molecule has 0 aliphatic heterocycles. The van der Waals surface area contributed by atoms with E-state index in [1.165, 1.54) is 12.3 Å². The van der Waals surface area contributed by atoms with E-state index in [4.69, 9.17) is 22.4 Å². The number of carbonyl (C=O) groups excluding carboxylic acids is 1. The van der Waals surface area contributed by atoms with Gasteiger partial charge in [0.05, 0.1) is 24.1 Å². The number of aliphatic hydroxyl groups excluding tert-OH is 1. The monoisotopic (exact) mass is 291 g/mol. The van der Waals surface area contributed by atoms with E-state index in [0.29, 0.717) is 12.1 Å². The average Bonchev–Trinajstić information content (AvgIpc) is 2.47. The van der Waals surface area contributed by atoms with E-state index in [9.17, 15) is 4.79 Å². The van der Waals surface area contributed by atoms with E-state index in [1.54, 1.807) is 0 Å². The Hall–Kier alpha value is -2.11. The Bertz CT molecular complexity index is 632. The normalized spacial score (nSPS) is 10.3. The predicted molar refractivity (Wildman–Crippen MR) is 77.2 cm³/mol. The van der Waals surface area contributed by atoms with E-state index in [0.717, 1.165) is 11.1 Å². The van der Waals surface area contributed by atoms with Crippen LogP contribution in [0.1, 0.15) is 21.5 Å². The first-order chi connectivity index (χ1) is 9.60. The lowest BCUT2D eigenvalue weighted by Gasteiger charge is -2.08. The minimum absolute atomic E-state index is 0.0330. The van der Waals surface area contributed by atoms with Crippen molar-refractivity contribution in [1.82, 2.24) is 10.3 Å². The van der Waals surface area contributed by atoms with E-state index in [-0.39, 0.29) is 23.4 Å². The second kappa shape index (κ2) is 6.36. The summed E-state index contributed by atoms with van der Waals surface area (Å²) in [7, 11) is 0. The van der Waals surface area contributed by atoms with Gasteiger partial charge in [0.2, 0.25) is 0 Å². The summed E-state index contributed by atoms with van der Waals surface area (Å²) >= 11 is 5.74. The second-order valence-electron chi connectivity index (χ2n) is 4.26. The number of halogens is 1. The van der Waals surface area contributed by atoms with Gasteiger partial charge in [0.25, 0.3) is 5.91 Å². The second-order valence-corrected chi connectivity index (χ2v) is 4.64. The molecule has 1 heterocycles. The molecule has 4 N–H and O–H groups in total. The molecule has 0 aliphatic carbocycles. The lowest BCUT2D eigenvalue weighted by molar-refractivity contribution is 0.0951. The number of hydrogen-bond donors (Lipinski definition) is 3. The molecule has 1 aromatic heterocycles. The summed E-state index contributed by atoms with van der Waals surface area (Å²) in [4.78, 5) is 15.8. The summed E-state index contributed by atoms with van der Waals surface area (Å²) in [6.07, 6.45) is 1.35. The van der Waals surface area contributed by atoms with Gasteiger partial charge in [-0.1, -0.05) is 35.9 Å². The molecule has 0 spiro atoms. The van der Waals surface area contributed by atoms with Gasteiger partial charge >= 0.3 is 0 Å². The van der Waals surface area contributed by atoms with Gasteiger partial charge in [0.1, 0.15) is 5.15 Å². The standard InChI is InChI=1S/C14H14ClN3O2/c15-13-5-11(12(16)7-17-13)14(20)18-6-9-2-1-3-10(4-9)8-19/h1-5,7,19H,6,8,16H2,(H,18,20). The molecule has 6 heteroatoms. The van der Waals surface area contributed by atoms with Gasteiger partial charge in [-0.3, -0.25) is 4.79 Å². The zero-order valence-corrected chi connectivity index (χ0v) is 11.4. The van der Waals surface area contributed by atoms with Crippen LogP contribution in [-0.2, 0) is 13.2 Å². The maximum Gasteiger partial charge on any atom is 0.253 e. The van der Waals surface area contributed by atoms with Gasteiger partial charge in [-0.15, -0.1) is 0 Å². The van der Waals surface area contributed by atoms with Crippen molar-refractivity contribution < 1.29 is 9.90 Å². The van der Waals surface area contributed by atoms with Crippen LogP contribution in [0.4, 0.5) is 5.69 Å². The highest BCUT2D eigenvalue weighted by Crippen LogP contribution is 2.15. The third-order valence-corrected chi connectivity index (χ3v) is 2.98. The van der Waals surface area contributed by atoms with Crippen molar-refractivity contribution >= 4 is 23.2 Å². The first-order valence-electron chi connectivity index (χ1n) is 5.98. The molecule has 0 fully saturated rings. The predicted octanol–water partition coefficient (Wildman–Crippen LogP) is 1.74. The highest BCUT2D eigenvalue weighted by Gasteiger charge is 2.10. The van der Waals surface area contributed by atoms with Crippen molar-refractivity contribution in [2.75, 3.05) is 5.73 Å². The Labute approximate surface area is 121 Å². The molecule has 5 nitrogen and oxygen atoms in total. The number of hydrogen-bond acceptors (Lipinski definition) is 4. The van der Waals surface area contributed by atoms with E-state index in [2.05, 4.69) is 10.3 Å². The van der Waals surface area contributed by atoms with Crippen molar-refractivity contribution in [2.45, 2.75) is 13.2 Å². The highest BCUT2D eigenvalue weighted by atomic mass is 35.5. The third kappa shape index (κ3) is 3.46. The molecule has 0 unspecified atom stereocenters. The fourth-order valence-corrected chi connectivity index (χ4v) is 1.91. The van der Waals surface area contributed by atoms with Gasteiger partial charge in [0.15, 0.2) is 0 Å². The number of anilines is 1. The Kier molecular flexibility index (Phi) is 4.55. The molecule has 1 amide bonds. The van der Waals surface area contributed by atoms with Gasteiger partial charge in [0, 0.05) is 6.54 Å². The topological polar surface area (TPSA) is 88.2 Å². The van der Waals surface area contributed by atoms with Crippen molar-refractivity contribution in [3.63, 3.8) is 0 Å². The Morgan fingerprint density at radius 3 is 2.85 bits per heavy atom. The maximum absolute atomic E-state index is 12.0. The van der Waals surface area contributed by atoms with Gasteiger partial charge < -0.3 is 16.2 Å². The first kappa shape index (κ1) is 14.3. The molecule has 0 aliphatic rings. The summed E-state index contributed by atoms with van der Waals surface area (Å²) in [5.41, 5.74) is 7.95. The van der Waals surface area contributed by atoms with Gasteiger partial charge in [-0.25, -0.2) is 4.98 Å². The number of rotatable bonds is 4. The zero-order valence-electron chi connectivity index (χ0n) is 10.6. The summed E-state index contributed by atoms with van der Waals surface area (Å²) in [6.45, 7) is 0.306. The highest BCUT2D eigenvalue weighted by molar-refractivity contribution is 6.29. The van der Waals surface area contributed by atoms with E-state index in [1.807, 2.05) is 24.3 Å². The molecular weight excluding hydrogens is 278 g/mol. The summed E-state index contributed by atoms with van der Waals surface area (Å²) < 4.78 is 0. The summed E-state index contributed by atoms with van der Waals surface area (Å²) in [6, 6.07) is 8.75. The number of carbonyl (C=O) groups is 1. The molecule has 0 radical (unpaired) electrons. The molecule has 2 aromatic rings. The fourth-order valence-electron chi connectivity index (χ4n) is 1.75. The molecule has 104 valence electrons. The van der Waals surface area contributed by atoms with Crippen LogP contribution >= 0.6 is 11.6 Å². The van der Waals surface area contributed by atoms with Crippen LogP contribution in [0.25, 0.3) is 0 Å². The fraction of sp³-hybridized carbons (Fsp3) is 0.143. The number of nitrogen functional groups attached to an aromatic ring is 1. The van der Waals surface area contributed by atoms with Crippen molar-refractivity contribution in [3.05, 3.63) is 58.4 Å². The molecule has 0 bridgehead atoms. The quantitative estimate of drug-likeness (QED) is 0.749. The SMILES string of the molecule is Nc1cnc(Cl)cc1C(=O)NCc1cccc(CO)c1. The van der Waals surface area contributed by atoms with Crippen LogP contribution in [0.3, 0.4) is 0 Å². The number of amides is 1. The number of benzene rings is 1. The molecule has 2 rings (SSSR count). The number of pyridine rings is 1. The van der Waals surface area contributed by atoms with E-state index >= 15 is 0 Å². The van der Waals surface area contributed by atoms with Crippen LogP contribution in [0, 0.1) is 0 Å². The minimum atomic E-state index is -0.318. The maximum atomic E-state index is 12.0. The molecule has 0 atom stereocenters. The smallest absolute Gasteiger partial charge is 0.253 e. The minimum Gasteiger partial charge on any atom is -0.397 e. The van der Waals surface area contributed by atoms with Crippen molar-refractivity contribution in [2.24, 2.45) is 0 Å². The number of aromatic nitrogens is 1. The van der Waals surface area contributed by atoms with Crippen LogP contribution < -0.4 is 11.1 Å². The largest absolute Gasteiger partial charge is 0.397 e. The van der Waals surface area contributed by atoms with Crippen LogP contribution in [0.5, 0.6) is 0 Å². The molecular formula is C14H14ClN3O2. The van der Waals surface area contributed by atoms with Crippen LogP contribution in [0.15, 0.2) is 36.5 Å². The van der Waals surface area contributed by atoms with Crippen LogP contribution in [-0.4, -0.2) is 16.0 Å². The number of nitrogens with one attached hydrogen (secondary N) is 1. The molecule has 0 saturated carbocycles. The van der Waals surface area contributed by atoms with Crippen molar-refractivity contribution in [3.8, 4) is 0 Å². The number of nitrogens with zero attached hydrogens (tertiary/aromatic N) is 1. The number of nitrogens with two attached hydrogens (primary N) is 1. The molecule has 1 aromatic carbocycles. The number of aliphatic hydroxyl groups is 1. The van der Waals surface area contributed by atoms with Crippen molar-refractivity contribution in [1.29, 1.82) is 0 Å². The Balaban J connectivity index is 2.06. The third-order valence-electron chi connectivity index (χ3n) is 2.77. The van der Waals surface area contributed by atoms with Gasteiger partial charge in [-0.2, -0.15) is 0 Å².